The van der Waals surface area contributed by atoms with Gasteiger partial charge in [-0.15, -0.1) is 0 Å². The lowest BCUT2D eigenvalue weighted by molar-refractivity contribution is -0.127. The number of amides is 1. The van der Waals surface area contributed by atoms with Gasteiger partial charge in [-0.1, -0.05) is 36.2 Å². The number of nitrogens with one attached hydrogen (secondary N) is 2. The van der Waals surface area contributed by atoms with Gasteiger partial charge in [-0.3, -0.25) is 9.59 Å². The van der Waals surface area contributed by atoms with E-state index in [0.29, 0.717) is 0 Å². The number of aromatic nitrogens is 1. The number of hydrogen-bond acceptors (Lipinski definition) is 2. The molecule has 1 amide bonds. The number of hydrogen-bond donors (Lipinski definition) is 2. The van der Waals surface area contributed by atoms with Gasteiger partial charge in [0.25, 0.3) is 0 Å². The summed E-state index contributed by atoms with van der Waals surface area (Å²) in [7, 11) is 0. The number of benzene rings is 1. The summed E-state index contributed by atoms with van der Waals surface area (Å²) in [4.78, 5) is 27.2. The van der Waals surface area contributed by atoms with Crippen LogP contribution in [0.4, 0.5) is 0 Å². The first-order valence-corrected chi connectivity index (χ1v) is 8.27. The van der Waals surface area contributed by atoms with E-state index in [2.05, 4.69) is 26.2 Å². The molecule has 2 N–H and O–H groups in total. The largest absolute Gasteiger partial charge is 0.361 e. The van der Waals surface area contributed by atoms with Gasteiger partial charge in [0.05, 0.1) is 12.5 Å². The van der Waals surface area contributed by atoms with Crippen molar-refractivity contribution in [2.75, 3.05) is 0 Å². The molecule has 1 aromatic carbocycles. The molecule has 0 aliphatic carbocycles. The lowest BCUT2D eigenvalue weighted by Gasteiger charge is -2.21. The zero-order chi connectivity index (χ0) is 16.3. The maximum atomic E-state index is 12.3. The van der Waals surface area contributed by atoms with Gasteiger partial charge in [0, 0.05) is 21.6 Å². The number of fused-ring (bicyclic) bond motifs is 1. The summed E-state index contributed by atoms with van der Waals surface area (Å²) < 4.78 is 0.975. The SMILES string of the molecule is CC[C@H](C)C(NC(=O)Cc1c[nH]c2ccc(Br)cc12)C(C)=O. The lowest BCUT2D eigenvalue weighted by Crippen LogP contribution is -2.44. The third-order valence-corrected chi connectivity index (χ3v) is 4.54. The Balaban J connectivity index is 2.13. The Morgan fingerprint density at radius 2 is 2.09 bits per heavy atom. The number of aromatic amines is 1. The standard InChI is InChI=1S/C17H21BrN2O2/c1-4-10(2)17(11(3)21)20-16(22)7-12-9-19-15-6-5-13(18)8-14(12)15/h5-6,8-10,17,19H,4,7H2,1-3H3,(H,20,22)/t10-,17?/m0/s1. The molecular formula is C17H21BrN2O2. The molecule has 1 heterocycles. The molecule has 1 aromatic heterocycles. The fourth-order valence-electron chi connectivity index (χ4n) is 2.57. The highest BCUT2D eigenvalue weighted by molar-refractivity contribution is 9.10. The van der Waals surface area contributed by atoms with E-state index in [-0.39, 0.29) is 24.0 Å². The lowest BCUT2D eigenvalue weighted by atomic mass is 9.96. The highest BCUT2D eigenvalue weighted by Gasteiger charge is 2.22. The van der Waals surface area contributed by atoms with Crippen LogP contribution in [0.15, 0.2) is 28.9 Å². The molecular weight excluding hydrogens is 344 g/mol. The van der Waals surface area contributed by atoms with E-state index < -0.39 is 6.04 Å². The number of halogens is 1. The summed E-state index contributed by atoms with van der Waals surface area (Å²) >= 11 is 3.45. The average molecular weight is 365 g/mol. The van der Waals surface area contributed by atoms with Crippen LogP contribution in [0.2, 0.25) is 0 Å². The topological polar surface area (TPSA) is 62.0 Å². The number of rotatable bonds is 6. The summed E-state index contributed by atoms with van der Waals surface area (Å²) in [5.74, 6) is 0.0179. The van der Waals surface area contributed by atoms with Crippen LogP contribution >= 0.6 is 15.9 Å². The van der Waals surface area contributed by atoms with Crippen LogP contribution < -0.4 is 5.32 Å². The van der Waals surface area contributed by atoms with Crippen molar-refractivity contribution in [1.29, 1.82) is 0 Å². The normalized spacial score (nSPS) is 13.8. The molecule has 4 nitrogen and oxygen atoms in total. The van der Waals surface area contributed by atoms with E-state index >= 15 is 0 Å². The van der Waals surface area contributed by atoms with Gasteiger partial charge in [-0.05, 0) is 36.6 Å². The van der Waals surface area contributed by atoms with Crippen molar-refractivity contribution in [3.63, 3.8) is 0 Å². The highest BCUT2D eigenvalue weighted by atomic mass is 79.9. The van der Waals surface area contributed by atoms with Gasteiger partial charge in [0.2, 0.25) is 5.91 Å². The molecule has 2 rings (SSSR count). The van der Waals surface area contributed by atoms with Gasteiger partial charge in [-0.2, -0.15) is 0 Å². The Labute approximate surface area is 138 Å². The first-order valence-electron chi connectivity index (χ1n) is 7.47. The van der Waals surface area contributed by atoms with E-state index in [0.717, 1.165) is 27.4 Å². The molecule has 0 saturated heterocycles. The maximum absolute atomic E-state index is 12.3. The van der Waals surface area contributed by atoms with Gasteiger partial charge in [0.15, 0.2) is 5.78 Å². The fourth-order valence-corrected chi connectivity index (χ4v) is 2.94. The molecule has 5 heteroatoms. The highest BCUT2D eigenvalue weighted by Crippen LogP contribution is 2.23. The summed E-state index contributed by atoms with van der Waals surface area (Å²) in [5, 5.41) is 3.89. The van der Waals surface area contributed by atoms with Crippen LogP contribution in [0, 0.1) is 5.92 Å². The summed E-state index contributed by atoms with van der Waals surface area (Å²) in [6.07, 6.45) is 2.96. The van der Waals surface area contributed by atoms with Crippen molar-refractivity contribution in [3.8, 4) is 0 Å². The van der Waals surface area contributed by atoms with Crippen molar-refractivity contribution < 1.29 is 9.59 Å². The van der Waals surface area contributed by atoms with Crippen molar-refractivity contribution >= 4 is 38.5 Å². The minimum atomic E-state index is -0.408. The zero-order valence-electron chi connectivity index (χ0n) is 13.1. The van der Waals surface area contributed by atoms with Crippen LogP contribution in [0.1, 0.15) is 32.8 Å². The van der Waals surface area contributed by atoms with Crippen LogP contribution in [0.25, 0.3) is 10.9 Å². The van der Waals surface area contributed by atoms with E-state index in [1.807, 2.05) is 38.2 Å². The quantitative estimate of drug-likeness (QED) is 0.822. The molecule has 1 unspecified atom stereocenters. The number of ketones is 1. The predicted octanol–water partition coefficient (Wildman–Crippen LogP) is 3.59. The molecule has 2 aromatic rings. The van der Waals surface area contributed by atoms with E-state index in [1.54, 1.807) is 0 Å². The third kappa shape index (κ3) is 3.77. The minimum absolute atomic E-state index is 0.00405. The molecule has 0 spiro atoms. The monoisotopic (exact) mass is 364 g/mol. The van der Waals surface area contributed by atoms with Crippen LogP contribution in [-0.2, 0) is 16.0 Å². The fraction of sp³-hybridized carbons (Fsp3) is 0.412. The number of carbonyl (C=O) groups is 2. The van der Waals surface area contributed by atoms with Crippen LogP contribution in [-0.4, -0.2) is 22.7 Å². The van der Waals surface area contributed by atoms with Gasteiger partial charge in [0.1, 0.15) is 0 Å². The van der Waals surface area contributed by atoms with E-state index in [9.17, 15) is 9.59 Å². The molecule has 2 atom stereocenters. The average Bonchev–Trinajstić information content (AvgIpc) is 2.86. The predicted molar refractivity (Wildman–Crippen MR) is 91.8 cm³/mol. The summed E-state index contributed by atoms with van der Waals surface area (Å²) in [6, 6.07) is 5.51. The summed E-state index contributed by atoms with van der Waals surface area (Å²) in [6.45, 7) is 5.53. The Hall–Kier alpha value is -1.62. The van der Waals surface area contributed by atoms with E-state index in [4.69, 9.17) is 0 Å². The molecule has 118 valence electrons. The van der Waals surface area contributed by atoms with Gasteiger partial charge >= 0.3 is 0 Å². The first-order chi connectivity index (χ1) is 10.4. The van der Waals surface area contributed by atoms with Crippen LogP contribution in [0.5, 0.6) is 0 Å². The first kappa shape index (κ1) is 16.7. The summed E-state index contributed by atoms with van der Waals surface area (Å²) in [5.41, 5.74) is 1.93. The molecule has 0 aliphatic heterocycles. The maximum Gasteiger partial charge on any atom is 0.225 e. The molecule has 0 fully saturated rings. The second kappa shape index (κ2) is 7.09. The van der Waals surface area contributed by atoms with Crippen molar-refractivity contribution in [3.05, 3.63) is 34.4 Å². The molecule has 0 aliphatic rings. The van der Waals surface area contributed by atoms with E-state index in [1.165, 1.54) is 6.92 Å². The number of carbonyl (C=O) groups excluding carboxylic acids is 2. The second-order valence-electron chi connectivity index (χ2n) is 5.72. The van der Waals surface area contributed by atoms with Crippen molar-refractivity contribution in [2.24, 2.45) is 5.92 Å². The molecule has 0 bridgehead atoms. The number of H-pyrrole nitrogens is 1. The Kier molecular flexibility index (Phi) is 5.40. The molecule has 22 heavy (non-hydrogen) atoms. The Morgan fingerprint density at radius 1 is 1.36 bits per heavy atom. The molecule has 0 saturated carbocycles. The Bertz CT molecular complexity index is 693. The zero-order valence-corrected chi connectivity index (χ0v) is 14.7. The van der Waals surface area contributed by atoms with Crippen LogP contribution in [0.3, 0.4) is 0 Å². The minimum Gasteiger partial charge on any atom is -0.361 e. The number of Topliss-reactive ketones (excluding diaryl/α,β-unsaturated/α-hetero) is 1. The van der Waals surface area contributed by atoms with Crippen molar-refractivity contribution in [2.45, 2.75) is 39.7 Å². The smallest absolute Gasteiger partial charge is 0.225 e. The third-order valence-electron chi connectivity index (χ3n) is 4.05. The van der Waals surface area contributed by atoms with Gasteiger partial charge < -0.3 is 10.3 Å². The molecule has 0 radical (unpaired) electrons. The van der Waals surface area contributed by atoms with Crippen molar-refractivity contribution in [1.82, 2.24) is 10.3 Å². The second-order valence-corrected chi connectivity index (χ2v) is 6.64. The van der Waals surface area contributed by atoms with Gasteiger partial charge in [-0.25, -0.2) is 0 Å². The Morgan fingerprint density at radius 3 is 2.73 bits per heavy atom.